The average Bonchev–Trinajstić information content (AvgIpc) is 3.25. The largest absolute Gasteiger partial charge is 0.508 e. The third-order valence-corrected chi connectivity index (χ3v) is 11.8. The maximum atomic E-state index is 14.5. The van der Waals surface area contributed by atoms with Crippen LogP contribution in [0.25, 0.3) is 28.4 Å². The van der Waals surface area contributed by atoms with Crippen LogP contribution in [0.1, 0.15) is 61.5 Å². The molecule has 4 aromatic carbocycles. The van der Waals surface area contributed by atoms with Gasteiger partial charge < -0.3 is 79.9 Å². The molecule has 350 valence electrons. The number of Topliss-reactive ketones (excluding diaryl/α,β-unsaturated/α-hetero) is 1. The fourth-order valence-corrected chi connectivity index (χ4v) is 8.60. The van der Waals surface area contributed by atoms with Gasteiger partial charge in [0, 0.05) is 18.6 Å². The first-order valence-corrected chi connectivity index (χ1v) is 20.6. The van der Waals surface area contributed by atoms with Crippen molar-refractivity contribution < 1.29 is 89.5 Å². The van der Waals surface area contributed by atoms with Gasteiger partial charge in [-0.1, -0.05) is 18.2 Å². The maximum absolute atomic E-state index is 14.5. The zero-order chi connectivity index (χ0) is 48.0. The Hall–Kier alpha value is -6.39. The number of aliphatic hydroxyl groups is 7. The van der Waals surface area contributed by atoms with E-state index in [1.54, 1.807) is 6.92 Å². The van der Waals surface area contributed by atoms with Crippen molar-refractivity contribution in [2.45, 2.75) is 88.2 Å². The lowest BCUT2D eigenvalue weighted by molar-refractivity contribution is -0.240. The number of benzene rings is 4. The molecule has 2 aliphatic heterocycles. The number of aliphatic hydroxyl groups excluding tert-OH is 7. The fourth-order valence-electron chi connectivity index (χ4n) is 8.60. The third kappa shape index (κ3) is 8.83. The van der Waals surface area contributed by atoms with Gasteiger partial charge in [0.05, 0.1) is 40.9 Å². The minimum absolute atomic E-state index is 0.0185. The lowest BCUT2D eigenvalue weighted by atomic mass is 9.86. The van der Waals surface area contributed by atoms with E-state index in [4.69, 9.17) is 18.6 Å². The number of rotatable bonds is 11. The van der Waals surface area contributed by atoms with Crippen LogP contribution < -0.4 is 5.43 Å². The zero-order valence-electron chi connectivity index (χ0n) is 35.5. The summed E-state index contributed by atoms with van der Waals surface area (Å²) in [6.07, 6.45) is -15.9. The average molecular weight is 917 g/mol. The van der Waals surface area contributed by atoms with Crippen LogP contribution in [0, 0.1) is 20.8 Å². The number of esters is 1. The molecule has 1 aromatic heterocycles. The molecule has 0 unspecified atom stereocenters. The molecule has 2 saturated heterocycles. The van der Waals surface area contributed by atoms with E-state index >= 15 is 0 Å². The molecule has 2 aliphatic rings. The highest BCUT2D eigenvalue weighted by Gasteiger charge is 2.49. The van der Waals surface area contributed by atoms with Gasteiger partial charge in [-0.15, -0.1) is 0 Å². The Morgan fingerprint density at radius 3 is 1.95 bits per heavy atom. The summed E-state index contributed by atoms with van der Waals surface area (Å²) >= 11 is 0. The van der Waals surface area contributed by atoms with E-state index in [0.29, 0.717) is 11.1 Å². The number of carbonyl (C=O) groups is 2. The first-order valence-electron chi connectivity index (χ1n) is 20.6. The molecule has 5 aromatic rings. The van der Waals surface area contributed by atoms with Crippen LogP contribution in [0.15, 0.2) is 69.9 Å². The minimum Gasteiger partial charge on any atom is -0.508 e. The molecule has 7 rings (SSSR count). The molecular weight excluding hydrogens is 868 g/mol. The van der Waals surface area contributed by atoms with Crippen molar-refractivity contribution in [2.75, 3.05) is 13.2 Å². The van der Waals surface area contributed by atoms with Crippen molar-refractivity contribution in [1.29, 1.82) is 0 Å². The molecule has 0 bridgehead atoms. The zero-order valence-corrected chi connectivity index (χ0v) is 35.5. The Morgan fingerprint density at radius 2 is 1.30 bits per heavy atom. The number of fused-ring (bicyclic) bond motifs is 1. The van der Waals surface area contributed by atoms with Crippen LogP contribution in [-0.2, 0) is 25.4 Å². The van der Waals surface area contributed by atoms with E-state index in [0.717, 1.165) is 18.2 Å². The summed E-state index contributed by atoms with van der Waals surface area (Å²) in [4.78, 5) is 41.5. The molecule has 3 heterocycles. The van der Waals surface area contributed by atoms with Crippen LogP contribution in [-0.4, -0.2) is 135 Å². The topological polar surface area (TPSA) is 335 Å². The van der Waals surface area contributed by atoms with Gasteiger partial charge in [0.25, 0.3) is 0 Å². The summed E-state index contributed by atoms with van der Waals surface area (Å²) in [5.74, 6) is -4.92. The smallest absolute Gasteiger partial charge is 0.331 e. The SMILES string of the molecule is Cc1cc(O)c(-c2cc(=O)c3c(C)cc(O)c([C@@H]4O[C@H](CO)[C@@H](O)[C@H](O)[C@H]4O)c3o2)c(CC(=O)c2c(C)cc(O)c([C@@H]3O[C@H](CO)[C@@H](O)[C@H](O)[C@H]3OC(=O)C=Cc3ccc(O)cc3)c2O)c1. The number of ketones is 1. The van der Waals surface area contributed by atoms with Crippen molar-refractivity contribution in [1.82, 2.24) is 0 Å². The molecule has 19 nitrogen and oxygen atoms in total. The predicted octanol–water partition coefficient (Wildman–Crippen LogP) is 1.63. The number of phenols is 5. The molecule has 19 heteroatoms. The van der Waals surface area contributed by atoms with Crippen LogP contribution in [0.2, 0.25) is 0 Å². The first kappa shape index (κ1) is 47.6. The van der Waals surface area contributed by atoms with E-state index in [1.165, 1.54) is 62.4 Å². The van der Waals surface area contributed by atoms with Gasteiger partial charge in [0.15, 0.2) is 17.3 Å². The van der Waals surface area contributed by atoms with E-state index in [2.05, 4.69) is 0 Å². The number of carbonyl (C=O) groups excluding carboxylic acids is 2. The quantitative estimate of drug-likeness (QED) is 0.0509. The molecule has 0 amide bonds. The Labute approximate surface area is 374 Å². The van der Waals surface area contributed by atoms with Gasteiger partial charge >= 0.3 is 5.97 Å². The predicted molar refractivity (Wildman–Crippen MR) is 230 cm³/mol. The summed E-state index contributed by atoms with van der Waals surface area (Å²) in [5, 5.41) is 129. The Balaban J connectivity index is 1.29. The molecule has 12 N–H and O–H groups in total. The van der Waals surface area contributed by atoms with Gasteiger partial charge in [0.1, 0.15) is 95.0 Å². The van der Waals surface area contributed by atoms with Gasteiger partial charge in [-0.3, -0.25) is 9.59 Å². The summed E-state index contributed by atoms with van der Waals surface area (Å²) in [5.41, 5.74) is -1.43. The lowest BCUT2D eigenvalue weighted by Crippen LogP contribution is -2.56. The summed E-state index contributed by atoms with van der Waals surface area (Å²) in [6.45, 7) is 2.78. The Bertz CT molecular complexity index is 2760. The molecule has 0 spiro atoms. The molecule has 10 atom stereocenters. The first-order chi connectivity index (χ1) is 31.2. The third-order valence-electron chi connectivity index (χ3n) is 11.8. The van der Waals surface area contributed by atoms with E-state index in [-0.39, 0.29) is 50.3 Å². The van der Waals surface area contributed by atoms with Crippen molar-refractivity contribution in [3.05, 3.63) is 115 Å². The maximum Gasteiger partial charge on any atom is 0.331 e. The number of aryl methyl sites for hydroxylation is 3. The minimum atomic E-state index is -1.97. The van der Waals surface area contributed by atoms with Crippen LogP contribution in [0.3, 0.4) is 0 Å². The number of phenolic OH excluding ortho intramolecular Hbond substituents is 5. The van der Waals surface area contributed by atoms with Gasteiger partial charge in [0.2, 0.25) is 0 Å². The van der Waals surface area contributed by atoms with Gasteiger partial charge in [-0.25, -0.2) is 4.79 Å². The normalized spacial score (nSPS) is 25.6. The highest BCUT2D eigenvalue weighted by molar-refractivity contribution is 6.03. The van der Waals surface area contributed by atoms with Gasteiger partial charge in [-0.2, -0.15) is 0 Å². The number of ether oxygens (including phenoxy) is 3. The number of aromatic hydroxyl groups is 5. The van der Waals surface area contributed by atoms with Gasteiger partial charge in [-0.05, 0) is 85.0 Å². The number of hydrogen-bond donors (Lipinski definition) is 12. The van der Waals surface area contributed by atoms with Crippen molar-refractivity contribution >= 4 is 28.8 Å². The van der Waals surface area contributed by atoms with Crippen molar-refractivity contribution in [3.8, 4) is 40.1 Å². The summed E-state index contributed by atoms with van der Waals surface area (Å²) in [7, 11) is 0. The second kappa shape index (κ2) is 18.8. The second-order valence-electron chi connectivity index (χ2n) is 16.4. The summed E-state index contributed by atoms with van der Waals surface area (Å²) in [6, 6.07) is 11.8. The second-order valence-corrected chi connectivity index (χ2v) is 16.4. The molecular formula is C47H48O19. The highest BCUT2D eigenvalue weighted by Crippen LogP contribution is 2.47. The Kier molecular flexibility index (Phi) is 13.6. The fraction of sp³-hybridized carbons (Fsp3) is 0.340. The van der Waals surface area contributed by atoms with Crippen molar-refractivity contribution in [3.63, 3.8) is 0 Å². The monoisotopic (exact) mass is 916 g/mol. The number of hydrogen-bond acceptors (Lipinski definition) is 19. The lowest BCUT2D eigenvalue weighted by Gasteiger charge is -2.42. The van der Waals surface area contributed by atoms with E-state index < -0.39 is 132 Å². The summed E-state index contributed by atoms with van der Waals surface area (Å²) < 4.78 is 23.3. The van der Waals surface area contributed by atoms with Crippen LogP contribution >= 0.6 is 0 Å². The standard InChI is InChI=1S/C47H48O19/c1-18-10-22(35(24(51)11-18)29-15-28(55)34-20(3)13-26(53)37(44(34)63-29)45-43(62)41(60)38(57)30(16-48)64-45)14-27(54)33-19(2)12-25(52)36(40(33)59)46-47(42(61)39(58)31(17-49)65-46)66-32(56)9-6-21-4-7-23(50)8-5-21/h4-13,15,30-31,38-39,41-43,45-53,57-62H,14,16-17H2,1-3H3/t30-,31-,38-,39-,41+,42+,43-,45+,46+,47-/m1/s1. The Morgan fingerprint density at radius 1 is 0.697 bits per heavy atom. The van der Waals surface area contributed by atoms with Crippen LogP contribution in [0.4, 0.5) is 0 Å². The van der Waals surface area contributed by atoms with Crippen molar-refractivity contribution in [2.24, 2.45) is 0 Å². The molecule has 2 fully saturated rings. The van der Waals surface area contributed by atoms with E-state index in [1.807, 2.05) is 0 Å². The molecule has 0 saturated carbocycles. The molecule has 0 radical (unpaired) electrons. The van der Waals surface area contributed by atoms with E-state index in [9.17, 15) is 75.7 Å². The molecule has 0 aliphatic carbocycles. The van der Waals surface area contributed by atoms with Crippen LogP contribution in [0.5, 0.6) is 28.7 Å². The highest BCUT2D eigenvalue weighted by atomic mass is 16.6. The molecule has 66 heavy (non-hydrogen) atoms.